The molecule has 2 rings (SSSR count). The van der Waals surface area contributed by atoms with Crippen LogP contribution in [0.1, 0.15) is 0 Å². The number of hydrogen-bond acceptors (Lipinski definition) is 6. The molecule has 0 aliphatic carbocycles. The average Bonchev–Trinajstić information content (AvgIpc) is 2.78. The fraction of sp³-hybridized carbons (Fsp3) is 0. The van der Waals surface area contributed by atoms with Gasteiger partial charge in [-0.2, -0.15) is 0 Å². The number of nitro groups is 2. The van der Waals surface area contributed by atoms with E-state index in [1.807, 2.05) is 0 Å². The monoisotopic (exact) mass is 235 g/mol. The van der Waals surface area contributed by atoms with Crippen LogP contribution in [-0.4, -0.2) is 15.0 Å². The number of nitro benzene ring substituents is 1. The highest BCUT2D eigenvalue weighted by molar-refractivity contribution is 5.68. The van der Waals surface area contributed by atoms with Gasteiger partial charge in [0.2, 0.25) is 5.76 Å². The maximum atomic E-state index is 10.6. The van der Waals surface area contributed by atoms with Crippen LogP contribution in [0.3, 0.4) is 0 Å². The summed E-state index contributed by atoms with van der Waals surface area (Å²) in [4.78, 5) is 20.0. The van der Waals surface area contributed by atoms with Crippen molar-refractivity contribution in [2.75, 3.05) is 0 Å². The van der Waals surface area contributed by atoms with Crippen molar-refractivity contribution in [2.24, 2.45) is 0 Å². The highest BCUT2D eigenvalue weighted by Crippen LogP contribution is 2.31. The summed E-state index contributed by atoms with van der Waals surface area (Å²) < 4.78 is 4.73. The van der Waals surface area contributed by atoms with Gasteiger partial charge in [-0.25, -0.2) is 0 Å². The van der Waals surface area contributed by atoms with Crippen LogP contribution >= 0.6 is 0 Å². The minimum Gasteiger partial charge on any atom is -0.349 e. The van der Waals surface area contributed by atoms with Gasteiger partial charge in [0.15, 0.2) is 0 Å². The quantitative estimate of drug-likeness (QED) is 0.594. The molecule has 86 valence electrons. The fourth-order valence-electron chi connectivity index (χ4n) is 1.33. The van der Waals surface area contributed by atoms with Crippen LogP contribution in [0.25, 0.3) is 11.3 Å². The third-order valence-electron chi connectivity index (χ3n) is 2.07. The van der Waals surface area contributed by atoms with Crippen molar-refractivity contribution in [1.29, 1.82) is 0 Å². The summed E-state index contributed by atoms with van der Waals surface area (Å²) >= 11 is 0. The Morgan fingerprint density at radius 2 is 1.94 bits per heavy atom. The molecule has 0 fully saturated rings. The van der Waals surface area contributed by atoms with E-state index >= 15 is 0 Å². The van der Waals surface area contributed by atoms with E-state index in [1.54, 1.807) is 0 Å². The lowest BCUT2D eigenvalue weighted by Gasteiger charge is -1.95. The second kappa shape index (κ2) is 4.00. The minimum absolute atomic E-state index is 0.0984. The number of nitrogens with zero attached hydrogens (tertiary/aromatic N) is 3. The van der Waals surface area contributed by atoms with Crippen molar-refractivity contribution in [3.05, 3.63) is 50.7 Å². The van der Waals surface area contributed by atoms with Crippen molar-refractivity contribution < 1.29 is 14.4 Å². The molecule has 8 heteroatoms. The molecule has 2 aromatic rings. The highest BCUT2D eigenvalue weighted by atomic mass is 16.6. The number of non-ortho nitro benzene ring substituents is 1. The van der Waals surface area contributed by atoms with Gasteiger partial charge in [-0.1, -0.05) is 17.3 Å². The van der Waals surface area contributed by atoms with Crippen molar-refractivity contribution in [1.82, 2.24) is 5.16 Å². The molecule has 0 bridgehead atoms. The van der Waals surface area contributed by atoms with Crippen LogP contribution in [0.15, 0.2) is 35.0 Å². The van der Waals surface area contributed by atoms with E-state index in [4.69, 9.17) is 4.52 Å². The predicted octanol–water partition coefficient (Wildman–Crippen LogP) is 2.16. The Hall–Kier alpha value is -2.77. The Kier molecular flexibility index (Phi) is 2.53. The third-order valence-corrected chi connectivity index (χ3v) is 2.07. The third kappa shape index (κ3) is 1.95. The standard InChI is InChI=1S/C9H5N3O5/c13-11(14)7-3-1-2-6(4-7)9-8(12(15)16)5-10-17-9/h1-5H. The molecule has 0 saturated heterocycles. The van der Waals surface area contributed by atoms with E-state index in [-0.39, 0.29) is 22.7 Å². The first-order chi connectivity index (χ1) is 8.09. The Morgan fingerprint density at radius 1 is 1.18 bits per heavy atom. The van der Waals surface area contributed by atoms with Crippen molar-refractivity contribution >= 4 is 11.4 Å². The highest BCUT2D eigenvalue weighted by Gasteiger charge is 2.22. The van der Waals surface area contributed by atoms with E-state index in [2.05, 4.69) is 5.16 Å². The van der Waals surface area contributed by atoms with Crippen molar-refractivity contribution in [2.45, 2.75) is 0 Å². The summed E-state index contributed by atoms with van der Waals surface area (Å²) in [5.74, 6) is -0.0984. The van der Waals surface area contributed by atoms with Gasteiger partial charge in [-0.3, -0.25) is 20.2 Å². The minimum atomic E-state index is -0.662. The van der Waals surface area contributed by atoms with Gasteiger partial charge in [0.25, 0.3) is 5.69 Å². The molecule has 0 aliphatic heterocycles. The summed E-state index contributed by atoms with van der Waals surface area (Å²) in [6.07, 6.45) is 0.953. The van der Waals surface area contributed by atoms with Gasteiger partial charge in [0.1, 0.15) is 6.20 Å². The SMILES string of the molecule is O=[N+]([O-])c1cccc(-c2oncc2[N+](=O)[O-])c1. The van der Waals surface area contributed by atoms with Gasteiger partial charge < -0.3 is 4.52 Å². The van der Waals surface area contributed by atoms with Crippen LogP contribution < -0.4 is 0 Å². The van der Waals surface area contributed by atoms with E-state index in [9.17, 15) is 20.2 Å². The Bertz CT molecular complexity index is 592. The molecule has 0 amide bonds. The predicted molar refractivity (Wildman–Crippen MR) is 55.2 cm³/mol. The molecule has 0 saturated carbocycles. The lowest BCUT2D eigenvalue weighted by atomic mass is 10.1. The van der Waals surface area contributed by atoms with Gasteiger partial charge in [-0.15, -0.1) is 0 Å². The summed E-state index contributed by atoms with van der Waals surface area (Å²) in [6, 6.07) is 5.36. The zero-order valence-electron chi connectivity index (χ0n) is 8.27. The lowest BCUT2D eigenvalue weighted by molar-refractivity contribution is -0.385. The Balaban J connectivity index is 2.53. The Morgan fingerprint density at radius 3 is 2.59 bits per heavy atom. The smallest absolute Gasteiger partial charge is 0.336 e. The molecule has 0 aliphatic rings. The first-order valence-corrected chi connectivity index (χ1v) is 4.43. The molecule has 0 unspecified atom stereocenters. The summed E-state index contributed by atoms with van der Waals surface area (Å²) in [5.41, 5.74) is -0.262. The topological polar surface area (TPSA) is 112 Å². The molecule has 1 aromatic carbocycles. The molecule has 0 atom stereocenters. The first-order valence-electron chi connectivity index (χ1n) is 4.43. The second-order valence-corrected chi connectivity index (χ2v) is 3.10. The van der Waals surface area contributed by atoms with Crippen LogP contribution in [0.2, 0.25) is 0 Å². The van der Waals surface area contributed by atoms with E-state index in [0.29, 0.717) is 0 Å². The van der Waals surface area contributed by atoms with Gasteiger partial charge in [0.05, 0.1) is 9.85 Å². The van der Waals surface area contributed by atoms with Crippen LogP contribution in [0, 0.1) is 20.2 Å². The molecule has 0 radical (unpaired) electrons. The molecular formula is C9H5N3O5. The largest absolute Gasteiger partial charge is 0.349 e. The maximum absolute atomic E-state index is 10.6. The molecule has 8 nitrogen and oxygen atoms in total. The normalized spacial score (nSPS) is 10.1. The maximum Gasteiger partial charge on any atom is 0.336 e. The zero-order valence-corrected chi connectivity index (χ0v) is 8.27. The van der Waals surface area contributed by atoms with E-state index in [1.165, 1.54) is 24.3 Å². The molecule has 0 spiro atoms. The summed E-state index contributed by atoms with van der Waals surface area (Å²) in [6.45, 7) is 0. The molecule has 17 heavy (non-hydrogen) atoms. The molecule has 1 heterocycles. The van der Waals surface area contributed by atoms with Crippen LogP contribution in [0.5, 0.6) is 0 Å². The first kappa shape index (κ1) is 10.7. The van der Waals surface area contributed by atoms with Crippen LogP contribution in [0.4, 0.5) is 11.4 Å². The lowest BCUT2D eigenvalue weighted by Crippen LogP contribution is -1.90. The zero-order chi connectivity index (χ0) is 12.4. The van der Waals surface area contributed by atoms with Crippen molar-refractivity contribution in [3.63, 3.8) is 0 Å². The fourth-order valence-corrected chi connectivity index (χ4v) is 1.33. The van der Waals surface area contributed by atoms with Crippen LogP contribution in [-0.2, 0) is 0 Å². The van der Waals surface area contributed by atoms with E-state index in [0.717, 1.165) is 6.20 Å². The van der Waals surface area contributed by atoms with Gasteiger partial charge in [0, 0.05) is 17.7 Å². The van der Waals surface area contributed by atoms with Crippen molar-refractivity contribution in [3.8, 4) is 11.3 Å². The summed E-state index contributed by atoms with van der Waals surface area (Å²) in [7, 11) is 0. The second-order valence-electron chi connectivity index (χ2n) is 3.10. The number of aromatic nitrogens is 1. The molecule has 0 N–H and O–H groups in total. The summed E-state index contributed by atoms with van der Waals surface area (Å²) in [5, 5.41) is 24.5. The van der Waals surface area contributed by atoms with E-state index < -0.39 is 9.85 Å². The number of rotatable bonds is 3. The molecular weight excluding hydrogens is 230 g/mol. The number of benzene rings is 1. The van der Waals surface area contributed by atoms with Gasteiger partial charge in [-0.05, 0) is 0 Å². The number of hydrogen-bond donors (Lipinski definition) is 0. The molecule has 1 aromatic heterocycles. The average molecular weight is 235 g/mol. The Labute approximate surface area is 93.8 Å². The van der Waals surface area contributed by atoms with Gasteiger partial charge >= 0.3 is 5.69 Å².